The first-order valence-electron chi connectivity index (χ1n) is 12.8. The van der Waals surface area contributed by atoms with Gasteiger partial charge in [0.25, 0.3) is 0 Å². The average molecular weight is 587 g/mol. The largest absolute Gasteiger partial charge is 0.481 e. The maximum Gasteiger partial charge on any atom is 0.469 e. The minimum atomic E-state index is -4.71. The first-order valence-corrected chi connectivity index (χ1v) is 14.3. The lowest BCUT2D eigenvalue weighted by molar-refractivity contribution is -0.148. The SMILES string of the molecule is CC(C)c1nc(OC2CC(C(=O)O)C2)c2cc3c(cnn3C(=O)OCCOP(=O)(O)O)cc2c1-c1ccc(F)cc1. The lowest BCUT2D eigenvalue weighted by Gasteiger charge is -2.32. The predicted molar refractivity (Wildman–Crippen MR) is 144 cm³/mol. The molecule has 0 unspecified atom stereocenters. The molecule has 0 radical (unpaired) electrons. The lowest BCUT2D eigenvalue weighted by atomic mass is 9.82. The van der Waals surface area contributed by atoms with Crippen LogP contribution < -0.4 is 4.74 Å². The quantitative estimate of drug-likeness (QED) is 0.181. The van der Waals surface area contributed by atoms with E-state index in [2.05, 4.69) is 9.62 Å². The fourth-order valence-corrected chi connectivity index (χ4v) is 5.07. The van der Waals surface area contributed by atoms with Crippen LogP contribution in [0, 0.1) is 11.7 Å². The van der Waals surface area contributed by atoms with Crippen molar-refractivity contribution >= 4 is 41.6 Å². The second-order valence-corrected chi connectivity index (χ2v) is 11.3. The number of hydrogen-bond donors (Lipinski definition) is 3. The van der Waals surface area contributed by atoms with Crippen LogP contribution in [0.4, 0.5) is 9.18 Å². The highest BCUT2D eigenvalue weighted by Gasteiger charge is 2.37. The van der Waals surface area contributed by atoms with Crippen LogP contribution in [0.1, 0.15) is 38.3 Å². The van der Waals surface area contributed by atoms with E-state index in [9.17, 15) is 23.7 Å². The summed E-state index contributed by atoms with van der Waals surface area (Å²) in [5, 5.41) is 15.2. The molecule has 0 atom stereocenters. The van der Waals surface area contributed by atoms with E-state index < -0.39 is 39.0 Å². The molecule has 12 nitrogen and oxygen atoms in total. The predicted octanol–water partition coefficient (Wildman–Crippen LogP) is 4.85. The molecule has 1 aliphatic carbocycles. The van der Waals surface area contributed by atoms with Crippen molar-refractivity contribution < 1.29 is 47.4 Å². The number of aliphatic carboxylic acids is 1. The molecule has 0 saturated heterocycles. The van der Waals surface area contributed by atoms with Crippen molar-refractivity contribution in [3.8, 4) is 17.0 Å². The number of pyridine rings is 1. The maximum absolute atomic E-state index is 13.8. The second-order valence-electron chi connectivity index (χ2n) is 10.0. The molecule has 4 aromatic rings. The molecule has 5 rings (SSSR count). The Balaban J connectivity index is 1.60. The number of carbonyl (C=O) groups is 2. The van der Waals surface area contributed by atoms with Gasteiger partial charge in [-0.05, 0) is 54.0 Å². The number of ether oxygens (including phenoxy) is 2. The van der Waals surface area contributed by atoms with Crippen molar-refractivity contribution in [1.29, 1.82) is 0 Å². The number of fused-ring (bicyclic) bond motifs is 2. The van der Waals surface area contributed by atoms with E-state index in [1.54, 1.807) is 18.2 Å². The third-order valence-electron chi connectivity index (χ3n) is 6.83. The smallest absolute Gasteiger partial charge is 0.469 e. The molecule has 1 saturated carbocycles. The number of nitrogens with zero attached hydrogens (tertiary/aromatic N) is 3. The van der Waals surface area contributed by atoms with Crippen LogP contribution in [0.25, 0.3) is 32.8 Å². The first-order chi connectivity index (χ1) is 19.4. The summed E-state index contributed by atoms with van der Waals surface area (Å²) < 4.78 is 41.2. The Morgan fingerprint density at radius 3 is 2.46 bits per heavy atom. The number of phosphoric ester groups is 1. The zero-order valence-corrected chi connectivity index (χ0v) is 23.0. The van der Waals surface area contributed by atoms with Crippen LogP contribution in [0.3, 0.4) is 0 Å². The van der Waals surface area contributed by atoms with Gasteiger partial charge in [-0.3, -0.25) is 9.32 Å². The molecule has 14 heteroatoms. The molecule has 1 fully saturated rings. The van der Waals surface area contributed by atoms with Gasteiger partial charge in [-0.1, -0.05) is 26.0 Å². The summed E-state index contributed by atoms with van der Waals surface area (Å²) in [4.78, 5) is 46.5. The number of halogens is 1. The maximum atomic E-state index is 13.8. The van der Waals surface area contributed by atoms with Crippen LogP contribution in [0.5, 0.6) is 5.88 Å². The molecule has 2 aromatic carbocycles. The van der Waals surface area contributed by atoms with Gasteiger partial charge in [0.2, 0.25) is 5.88 Å². The van der Waals surface area contributed by atoms with E-state index in [1.165, 1.54) is 18.3 Å². The van der Waals surface area contributed by atoms with Crippen LogP contribution in [0.2, 0.25) is 0 Å². The van der Waals surface area contributed by atoms with Crippen molar-refractivity contribution in [2.75, 3.05) is 13.2 Å². The Hall–Kier alpha value is -3.90. The standard InChI is InChI=1S/C27H27FN3O9P/c1-14(2)24-23(15-3-5-18(28)6-4-15)20-11-17-13-29-31(27(34)38-7-8-39-41(35,36)37)22(17)12-21(20)25(30-24)40-19-9-16(10-19)26(32)33/h3-6,11-14,16,19H,7-10H2,1-2H3,(H,32,33)(H2,35,36,37). The van der Waals surface area contributed by atoms with Gasteiger partial charge in [0.1, 0.15) is 18.5 Å². The third kappa shape index (κ3) is 6.08. The van der Waals surface area contributed by atoms with E-state index in [1.807, 2.05) is 19.9 Å². The fourth-order valence-electron chi connectivity index (χ4n) is 4.76. The highest BCUT2D eigenvalue weighted by molar-refractivity contribution is 7.46. The Morgan fingerprint density at radius 2 is 1.83 bits per heavy atom. The minimum absolute atomic E-state index is 0.0567. The Bertz CT molecular complexity index is 1680. The van der Waals surface area contributed by atoms with Crippen molar-refractivity contribution in [3.63, 3.8) is 0 Å². The monoisotopic (exact) mass is 587 g/mol. The fraction of sp³-hybridized carbons (Fsp3) is 0.333. The number of carboxylic acids is 1. The molecule has 1 aliphatic rings. The zero-order chi connectivity index (χ0) is 29.5. The van der Waals surface area contributed by atoms with Gasteiger partial charge in [0, 0.05) is 16.3 Å². The molecule has 2 aromatic heterocycles. The van der Waals surface area contributed by atoms with Crippen molar-refractivity contribution in [2.45, 2.75) is 38.7 Å². The number of benzene rings is 2. The number of phosphoric acid groups is 1. The van der Waals surface area contributed by atoms with Gasteiger partial charge < -0.3 is 24.4 Å². The summed E-state index contributed by atoms with van der Waals surface area (Å²) in [6.45, 7) is 3.00. The number of aromatic nitrogens is 3. The summed E-state index contributed by atoms with van der Waals surface area (Å²) in [5.74, 6) is -1.55. The molecule has 41 heavy (non-hydrogen) atoms. The normalized spacial score (nSPS) is 17.1. The Kier molecular flexibility index (Phi) is 7.80. The summed E-state index contributed by atoms with van der Waals surface area (Å²) in [5.41, 5.74) is 2.53. The van der Waals surface area contributed by atoms with Crippen molar-refractivity contribution in [1.82, 2.24) is 14.8 Å². The number of carbonyl (C=O) groups excluding carboxylic acids is 1. The number of hydrogen-bond acceptors (Lipinski definition) is 8. The van der Waals surface area contributed by atoms with Crippen molar-refractivity contribution in [3.05, 3.63) is 54.1 Å². The molecule has 2 heterocycles. The Labute approximate surface area is 232 Å². The summed E-state index contributed by atoms with van der Waals surface area (Å²) in [6.07, 6.45) is 0.875. The Morgan fingerprint density at radius 1 is 1.12 bits per heavy atom. The molecule has 0 amide bonds. The first kappa shape index (κ1) is 28.6. The minimum Gasteiger partial charge on any atom is -0.481 e. The van der Waals surface area contributed by atoms with E-state index in [0.29, 0.717) is 34.8 Å². The van der Waals surface area contributed by atoms with Gasteiger partial charge in [-0.15, -0.1) is 0 Å². The van der Waals surface area contributed by atoms with Gasteiger partial charge in [-0.25, -0.2) is 18.7 Å². The van der Waals surface area contributed by atoms with E-state index in [0.717, 1.165) is 21.2 Å². The summed E-state index contributed by atoms with van der Waals surface area (Å²) >= 11 is 0. The highest BCUT2D eigenvalue weighted by Crippen LogP contribution is 2.42. The molecule has 216 valence electrons. The van der Waals surface area contributed by atoms with Crippen LogP contribution in [0.15, 0.2) is 42.6 Å². The van der Waals surface area contributed by atoms with Gasteiger partial charge in [0.15, 0.2) is 0 Å². The van der Waals surface area contributed by atoms with E-state index >= 15 is 0 Å². The van der Waals surface area contributed by atoms with Crippen LogP contribution in [-0.4, -0.2) is 61.0 Å². The van der Waals surface area contributed by atoms with Gasteiger partial charge in [-0.2, -0.15) is 9.78 Å². The second kappa shape index (κ2) is 11.2. The summed E-state index contributed by atoms with van der Waals surface area (Å²) in [6, 6.07) is 9.52. The molecule has 0 spiro atoms. The molecular formula is C27H27FN3O9P. The van der Waals surface area contributed by atoms with Gasteiger partial charge in [0.05, 0.1) is 29.9 Å². The van der Waals surface area contributed by atoms with Crippen LogP contribution in [-0.2, 0) is 18.6 Å². The third-order valence-corrected chi connectivity index (χ3v) is 7.35. The van der Waals surface area contributed by atoms with E-state index in [-0.39, 0.29) is 23.7 Å². The molecular weight excluding hydrogens is 560 g/mol. The molecule has 3 N–H and O–H groups in total. The van der Waals surface area contributed by atoms with E-state index in [4.69, 9.17) is 24.2 Å². The average Bonchev–Trinajstić information content (AvgIpc) is 3.29. The molecule has 0 aliphatic heterocycles. The molecule has 0 bridgehead atoms. The number of carboxylic acid groups (broad SMARTS) is 1. The van der Waals surface area contributed by atoms with Gasteiger partial charge >= 0.3 is 19.9 Å². The topological polar surface area (TPSA) is 170 Å². The lowest BCUT2D eigenvalue weighted by Crippen LogP contribution is -2.38. The summed E-state index contributed by atoms with van der Waals surface area (Å²) in [7, 11) is -4.71. The zero-order valence-electron chi connectivity index (χ0n) is 22.1. The van der Waals surface area contributed by atoms with Crippen molar-refractivity contribution in [2.24, 2.45) is 5.92 Å². The van der Waals surface area contributed by atoms with Crippen LogP contribution >= 0.6 is 7.82 Å². The number of rotatable bonds is 9. The highest BCUT2D eigenvalue weighted by atomic mass is 31.2.